The Hall–Kier alpha value is -3.55. The van der Waals surface area contributed by atoms with Crippen molar-refractivity contribution in [3.8, 4) is 5.75 Å². The van der Waals surface area contributed by atoms with Gasteiger partial charge in [-0.2, -0.15) is 0 Å². The Labute approximate surface area is 174 Å². The summed E-state index contributed by atoms with van der Waals surface area (Å²) in [5.41, 5.74) is 2.66. The third-order valence-electron chi connectivity index (χ3n) is 5.45. The van der Waals surface area contributed by atoms with Gasteiger partial charge in [0.25, 0.3) is 11.8 Å². The van der Waals surface area contributed by atoms with Gasteiger partial charge >= 0.3 is 0 Å². The van der Waals surface area contributed by atoms with Gasteiger partial charge in [-0.3, -0.25) is 9.59 Å². The fourth-order valence-electron chi connectivity index (χ4n) is 3.90. The first-order valence-electron chi connectivity index (χ1n) is 9.80. The molecule has 0 fully saturated rings. The summed E-state index contributed by atoms with van der Waals surface area (Å²) in [5, 5.41) is 6.70. The highest BCUT2D eigenvalue weighted by atomic mass is 16.5. The number of aryl methyl sites for hydroxylation is 2. The number of methoxy groups -OCH3 is 1. The largest absolute Gasteiger partial charge is 0.497 e. The van der Waals surface area contributed by atoms with Gasteiger partial charge in [-0.05, 0) is 43.7 Å². The van der Waals surface area contributed by atoms with Crippen molar-refractivity contribution >= 4 is 11.8 Å². The van der Waals surface area contributed by atoms with Crippen LogP contribution in [-0.4, -0.2) is 46.6 Å². The predicted molar refractivity (Wildman–Crippen MR) is 110 cm³/mol. The van der Waals surface area contributed by atoms with Gasteiger partial charge in [0.2, 0.25) is 0 Å². The second-order valence-electron chi connectivity index (χ2n) is 7.29. The minimum absolute atomic E-state index is 0.0568. The SMILES string of the molecule is COc1ccc(C2Cn3cccc3C(=O)N2CCNC(=O)c2c(C)noc2C)cc1. The molecular formula is C22H24N4O4. The molecule has 0 saturated carbocycles. The van der Waals surface area contributed by atoms with Crippen molar-refractivity contribution in [2.24, 2.45) is 0 Å². The number of carbonyl (C=O) groups is 2. The van der Waals surface area contributed by atoms with Crippen molar-refractivity contribution in [3.63, 3.8) is 0 Å². The zero-order valence-corrected chi connectivity index (χ0v) is 17.2. The van der Waals surface area contributed by atoms with Crippen LogP contribution in [0.4, 0.5) is 0 Å². The standard InChI is InChI=1S/C22H24N4O4/c1-14-20(15(2)30-24-14)21(27)23-10-12-26-19(16-6-8-17(29-3)9-7-16)13-25-11-4-5-18(25)22(26)28/h4-9,11,19H,10,12-13H2,1-3H3,(H,23,27). The number of ether oxygens (including phenoxy) is 1. The van der Waals surface area contributed by atoms with Gasteiger partial charge in [0.1, 0.15) is 22.8 Å². The van der Waals surface area contributed by atoms with Crippen LogP contribution in [0.5, 0.6) is 5.75 Å². The first-order valence-corrected chi connectivity index (χ1v) is 9.80. The summed E-state index contributed by atoms with van der Waals surface area (Å²) >= 11 is 0. The smallest absolute Gasteiger partial charge is 0.271 e. The Morgan fingerprint density at radius 2 is 2.03 bits per heavy atom. The lowest BCUT2D eigenvalue weighted by Gasteiger charge is -2.37. The normalized spacial score (nSPS) is 15.8. The van der Waals surface area contributed by atoms with E-state index in [9.17, 15) is 9.59 Å². The molecule has 8 heteroatoms. The Kier molecular flexibility index (Phi) is 5.31. The third kappa shape index (κ3) is 3.56. The molecule has 1 aliphatic rings. The second kappa shape index (κ2) is 8.06. The van der Waals surface area contributed by atoms with Crippen molar-refractivity contribution < 1.29 is 18.8 Å². The summed E-state index contributed by atoms with van der Waals surface area (Å²) in [6.45, 7) is 4.79. The zero-order chi connectivity index (χ0) is 21.3. The number of nitrogens with one attached hydrogen (secondary N) is 1. The maximum atomic E-state index is 13.1. The highest BCUT2D eigenvalue weighted by molar-refractivity contribution is 5.96. The fourth-order valence-corrected chi connectivity index (χ4v) is 3.90. The lowest BCUT2D eigenvalue weighted by atomic mass is 10.0. The van der Waals surface area contributed by atoms with E-state index < -0.39 is 0 Å². The Morgan fingerprint density at radius 3 is 2.70 bits per heavy atom. The van der Waals surface area contributed by atoms with Crippen LogP contribution in [0.1, 0.15) is 43.9 Å². The van der Waals surface area contributed by atoms with Gasteiger partial charge in [0, 0.05) is 25.8 Å². The van der Waals surface area contributed by atoms with Crippen molar-refractivity contribution in [1.82, 2.24) is 19.9 Å². The van der Waals surface area contributed by atoms with Crippen LogP contribution in [0.2, 0.25) is 0 Å². The molecule has 4 rings (SSSR count). The van der Waals surface area contributed by atoms with Gasteiger partial charge in [-0.15, -0.1) is 0 Å². The molecule has 3 heterocycles. The molecular weight excluding hydrogens is 384 g/mol. The van der Waals surface area contributed by atoms with Crippen molar-refractivity contribution in [1.29, 1.82) is 0 Å². The van der Waals surface area contributed by atoms with E-state index in [2.05, 4.69) is 10.5 Å². The van der Waals surface area contributed by atoms with Crippen LogP contribution in [0.3, 0.4) is 0 Å². The molecule has 0 aliphatic carbocycles. The molecule has 1 aliphatic heterocycles. The lowest BCUT2D eigenvalue weighted by Crippen LogP contribution is -2.46. The number of hydrogen-bond acceptors (Lipinski definition) is 5. The predicted octanol–water partition coefficient (Wildman–Crippen LogP) is 2.73. The van der Waals surface area contributed by atoms with Crippen LogP contribution in [-0.2, 0) is 6.54 Å². The molecule has 0 bridgehead atoms. The molecule has 0 saturated heterocycles. The van der Waals surface area contributed by atoms with E-state index in [1.165, 1.54) is 0 Å². The Morgan fingerprint density at radius 1 is 1.27 bits per heavy atom. The van der Waals surface area contributed by atoms with Gasteiger partial charge < -0.3 is 24.0 Å². The van der Waals surface area contributed by atoms with Crippen molar-refractivity contribution in [2.75, 3.05) is 20.2 Å². The van der Waals surface area contributed by atoms with Crippen LogP contribution in [0.15, 0.2) is 47.1 Å². The van der Waals surface area contributed by atoms with E-state index in [-0.39, 0.29) is 17.9 Å². The summed E-state index contributed by atoms with van der Waals surface area (Å²) in [7, 11) is 1.62. The molecule has 0 spiro atoms. The molecule has 1 atom stereocenters. The number of amides is 2. The molecule has 1 N–H and O–H groups in total. The van der Waals surface area contributed by atoms with E-state index in [1.807, 2.05) is 52.1 Å². The number of aromatic nitrogens is 2. The molecule has 2 aromatic heterocycles. The number of rotatable bonds is 6. The summed E-state index contributed by atoms with van der Waals surface area (Å²) in [6.07, 6.45) is 1.92. The average molecular weight is 408 g/mol. The van der Waals surface area contributed by atoms with Gasteiger partial charge in [-0.25, -0.2) is 0 Å². The average Bonchev–Trinajstić information content (AvgIpc) is 3.35. The summed E-state index contributed by atoms with van der Waals surface area (Å²) in [6, 6.07) is 11.3. The minimum atomic E-state index is -0.250. The number of benzene rings is 1. The number of fused-ring (bicyclic) bond motifs is 1. The minimum Gasteiger partial charge on any atom is -0.497 e. The van der Waals surface area contributed by atoms with Gasteiger partial charge in [0.05, 0.1) is 18.8 Å². The molecule has 30 heavy (non-hydrogen) atoms. The molecule has 2 amide bonds. The highest BCUT2D eigenvalue weighted by Gasteiger charge is 2.33. The summed E-state index contributed by atoms with van der Waals surface area (Å²) in [4.78, 5) is 27.5. The van der Waals surface area contributed by atoms with Crippen LogP contribution in [0.25, 0.3) is 0 Å². The summed E-state index contributed by atoms with van der Waals surface area (Å²) < 4.78 is 12.3. The van der Waals surface area contributed by atoms with Crippen LogP contribution in [0, 0.1) is 13.8 Å². The molecule has 3 aromatic rings. The van der Waals surface area contributed by atoms with Gasteiger partial charge in [-0.1, -0.05) is 17.3 Å². The van der Waals surface area contributed by atoms with E-state index in [4.69, 9.17) is 9.26 Å². The van der Waals surface area contributed by atoms with Gasteiger partial charge in [0.15, 0.2) is 0 Å². The number of hydrogen-bond donors (Lipinski definition) is 1. The molecule has 1 aromatic carbocycles. The number of nitrogens with zero attached hydrogens (tertiary/aromatic N) is 3. The maximum Gasteiger partial charge on any atom is 0.271 e. The fraction of sp³-hybridized carbons (Fsp3) is 0.318. The monoisotopic (exact) mass is 408 g/mol. The van der Waals surface area contributed by atoms with Crippen LogP contribution < -0.4 is 10.1 Å². The molecule has 0 radical (unpaired) electrons. The molecule has 1 unspecified atom stereocenters. The maximum absolute atomic E-state index is 13.1. The Balaban J connectivity index is 1.52. The third-order valence-corrected chi connectivity index (χ3v) is 5.45. The molecule has 156 valence electrons. The second-order valence-corrected chi connectivity index (χ2v) is 7.29. The van der Waals surface area contributed by atoms with E-state index in [0.29, 0.717) is 42.3 Å². The first kappa shape index (κ1) is 19.8. The van der Waals surface area contributed by atoms with E-state index in [0.717, 1.165) is 11.3 Å². The summed E-state index contributed by atoms with van der Waals surface area (Å²) in [5.74, 6) is 0.938. The van der Waals surface area contributed by atoms with Crippen LogP contribution >= 0.6 is 0 Å². The highest BCUT2D eigenvalue weighted by Crippen LogP contribution is 2.30. The lowest BCUT2D eigenvalue weighted by molar-refractivity contribution is 0.0588. The van der Waals surface area contributed by atoms with E-state index >= 15 is 0 Å². The quantitative estimate of drug-likeness (QED) is 0.677. The van der Waals surface area contributed by atoms with Crippen molar-refractivity contribution in [2.45, 2.75) is 26.4 Å². The first-order chi connectivity index (χ1) is 14.5. The molecule has 8 nitrogen and oxygen atoms in total. The topological polar surface area (TPSA) is 89.6 Å². The Bertz CT molecular complexity index is 1050. The number of carbonyl (C=O) groups excluding carboxylic acids is 2. The van der Waals surface area contributed by atoms with Crippen molar-refractivity contribution in [3.05, 3.63) is 70.9 Å². The van der Waals surface area contributed by atoms with E-state index in [1.54, 1.807) is 21.0 Å². The zero-order valence-electron chi connectivity index (χ0n) is 17.2.